The number of nitrogens with zero attached hydrogens (tertiary/aromatic N) is 2. The molecule has 6 heteroatoms. The van der Waals surface area contributed by atoms with Crippen molar-refractivity contribution in [2.24, 2.45) is 5.92 Å². The zero-order valence-corrected chi connectivity index (χ0v) is 19.9. The van der Waals surface area contributed by atoms with Gasteiger partial charge in [0.2, 0.25) is 0 Å². The first-order valence-electron chi connectivity index (χ1n) is 12.5. The van der Waals surface area contributed by atoms with Crippen molar-refractivity contribution in [2.75, 3.05) is 4.90 Å². The summed E-state index contributed by atoms with van der Waals surface area (Å²) in [5.74, 6) is -1.23. The topological polar surface area (TPSA) is 70.1 Å². The van der Waals surface area contributed by atoms with Crippen molar-refractivity contribution in [3.05, 3.63) is 95.6 Å². The predicted molar refractivity (Wildman–Crippen MR) is 139 cm³/mol. The molecular formula is C30H28N2O4. The number of para-hydroxylation sites is 2. The fourth-order valence-corrected chi connectivity index (χ4v) is 6.02. The van der Waals surface area contributed by atoms with E-state index in [1.165, 1.54) is 0 Å². The van der Waals surface area contributed by atoms with Gasteiger partial charge in [0, 0.05) is 12.0 Å². The molecule has 1 aliphatic carbocycles. The van der Waals surface area contributed by atoms with Gasteiger partial charge in [-0.3, -0.25) is 4.90 Å². The smallest absolute Gasteiger partial charge is 0.330 e. The molecule has 4 aliphatic rings. The highest BCUT2D eigenvalue weighted by Gasteiger charge is 2.54. The molecule has 3 aliphatic heterocycles. The molecule has 3 heterocycles. The summed E-state index contributed by atoms with van der Waals surface area (Å²) in [7, 11) is 0. The van der Waals surface area contributed by atoms with E-state index in [9.17, 15) is 14.7 Å². The van der Waals surface area contributed by atoms with Crippen LogP contribution in [0.25, 0.3) is 12.2 Å². The van der Waals surface area contributed by atoms with Crippen molar-refractivity contribution >= 4 is 35.5 Å². The van der Waals surface area contributed by atoms with E-state index in [1.54, 1.807) is 9.80 Å². The third-order valence-corrected chi connectivity index (χ3v) is 7.68. The summed E-state index contributed by atoms with van der Waals surface area (Å²) in [6, 6.07) is 24.0. The second-order valence-corrected chi connectivity index (χ2v) is 9.73. The molecule has 2 bridgehead atoms. The molecule has 0 aromatic heterocycles. The summed E-state index contributed by atoms with van der Waals surface area (Å²) in [6.07, 6.45) is 5.97. The predicted octanol–water partition coefficient (Wildman–Crippen LogP) is 5.95. The molecule has 1 saturated carbocycles. The number of aliphatic carboxylic acids is 1. The summed E-state index contributed by atoms with van der Waals surface area (Å²) in [6.45, 7) is 0.438. The van der Waals surface area contributed by atoms with Crippen LogP contribution in [0.1, 0.15) is 36.0 Å². The van der Waals surface area contributed by atoms with Crippen LogP contribution in [-0.2, 0) is 16.1 Å². The van der Waals surface area contributed by atoms with Crippen LogP contribution in [0.2, 0.25) is 0 Å². The highest BCUT2D eigenvalue weighted by atomic mass is 16.5. The fourth-order valence-electron chi connectivity index (χ4n) is 6.02. The first-order valence-corrected chi connectivity index (χ1v) is 12.5. The Hall–Kier alpha value is -3.90. The molecule has 2 amide bonds. The van der Waals surface area contributed by atoms with Crippen molar-refractivity contribution in [3.8, 4) is 0 Å². The van der Waals surface area contributed by atoms with Gasteiger partial charge in [-0.25, -0.2) is 9.59 Å². The molecule has 7 rings (SSSR count). The number of urea groups is 1. The van der Waals surface area contributed by atoms with Crippen LogP contribution in [0.3, 0.4) is 0 Å². The molecular weight excluding hydrogens is 452 g/mol. The molecule has 6 nitrogen and oxygen atoms in total. The molecule has 4 atom stereocenters. The Morgan fingerprint density at radius 2 is 1.44 bits per heavy atom. The summed E-state index contributed by atoms with van der Waals surface area (Å²) in [4.78, 5) is 30.3. The quantitative estimate of drug-likeness (QED) is 0.501. The van der Waals surface area contributed by atoms with Gasteiger partial charge in [-0.05, 0) is 48.1 Å². The SMILES string of the molecule is O=C(O)[C@H]1[C@@H]2CC[C@@H](CC2OCc2ccccc2)N1C(=O)N1c2ccccc2C=Cc2ccccc21. The first kappa shape index (κ1) is 22.6. The zero-order valence-electron chi connectivity index (χ0n) is 19.9. The van der Waals surface area contributed by atoms with Crippen LogP contribution in [0.15, 0.2) is 78.9 Å². The van der Waals surface area contributed by atoms with Crippen LogP contribution in [0, 0.1) is 5.92 Å². The maximum atomic E-state index is 14.3. The molecule has 0 spiro atoms. The van der Waals surface area contributed by atoms with E-state index in [-0.39, 0.29) is 24.1 Å². The van der Waals surface area contributed by atoms with Crippen LogP contribution in [0.4, 0.5) is 16.2 Å². The van der Waals surface area contributed by atoms with Crippen molar-refractivity contribution < 1.29 is 19.4 Å². The Labute approximate surface area is 210 Å². The van der Waals surface area contributed by atoms with Crippen molar-refractivity contribution in [2.45, 2.75) is 44.1 Å². The minimum Gasteiger partial charge on any atom is -0.480 e. The number of ether oxygens (including phenoxy) is 1. The number of anilines is 2. The number of carbonyl (C=O) groups is 2. The highest BCUT2D eigenvalue weighted by molar-refractivity contribution is 6.06. The number of carboxylic acids is 1. The Morgan fingerprint density at radius 1 is 0.833 bits per heavy atom. The molecule has 3 aromatic carbocycles. The van der Waals surface area contributed by atoms with E-state index in [2.05, 4.69) is 0 Å². The van der Waals surface area contributed by atoms with Gasteiger partial charge in [0.05, 0.1) is 24.1 Å². The summed E-state index contributed by atoms with van der Waals surface area (Å²) < 4.78 is 6.26. The second-order valence-electron chi connectivity index (χ2n) is 9.73. The summed E-state index contributed by atoms with van der Waals surface area (Å²) in [5, 5.41) is 10.3. The van der Waals surface area contributed by atoms with Gasteiger partial charge in [-0.1, -0.05) is 78.9 Å². The number of benzene rings is 3. The van der Waals surface area contributed by atoms with Crippen molar-refractivity contribution in [1.29, 1.82) is 0 Å². The number of amides is 2. The van der Waals surface area contributed by atoms with Gasteiger partial charge in [-0.2, -0.15) is 0 Å². The number of fused-ring (bicyclic) bond motifs is 5. The maximum absolute atomic E-state index is 14.3. The van der Waals surface area contributed by atoms with Gasteiger partial charge in [0.1, 0.15) is 6.04 Å². The fraction of sp³-hybridized carbons (Fsp3) is 0.267. The maximum Gasteiger partial charge on any atom is 0.330 e. The normalized spacial score (nSPS) is 24.1. The molecule has 36 heavy (non-hydrogen) atoms. The lowest BCUT2D eigenvalue weighted by Crippen LogP contribution is -2.66. The van der Waals surface area contributed by atoms with Crippen molar-refractivity contribution in [1.82, 2.24) is 4.90 Å². The number of carbonyl (C=O) groups excluding carboxylic acids is 1. The number of piperidine rings is 2. The molecule has 182 valence electrons. The van der Waals surface area contributed by atoms with E-state index in [0.717, 1.165) is 40.9 Å². The lowest BCUT2D eigenvalue weighted by molar-refractivity contribution is -0.161. The van der Waals surface area contributed by atoms with E-state index in [4.69, 9.17) is 4.74 Å². The minimum atomic E-state index is -0.972. The molecule has 3 fully saturated rings. The molecule has 1 unspecified atom stereocenters. The molecule has 3 aromatic rings. The second kappa shape index (κ2) is 9.28. The van der Waals surface area contributed by atoms with E-state index in [0.29, 0.717) is 13.0 Å². The average molecular weight is 481 g/mol. The number of carboxylic acid groups (broad SMARTS) is 1. The number of hydrogen-bond donors (Lipinski definition) is 1. The average Bonchev–Trinajstić information content (AvgIpc) is 3.09. The molecule has 0 radical (unpaired) electrons. The summed E-state index contributed by atoms with van der Waals surface area (Å²) in [5.41, 5.74) is 4.40. The first-order chi connectivity index (χ1) is 17.6. The number of rotatable bonds is 4. The van der Waals surface area contributed by atoms with Crippen LogP contribution in [0.5, 0.6) is 0 Å². The minimum absolute atomic E-state index is 0.195. The standard InChI is InChI=1S/C30H28N2O4/c33-29(34)28-24-17-16-23(18-27(24)36-19-20-8-2-1-3-9-20)31(28)30(35)32-25-12-6-4-10-21(25)14-15-22-11-5-7-13-26(22)32/h1-15,23-24,27-28H,16-19H2,(H,33,34)/t23-,24+,27?,28+/m0/s1. The van der Waals surface area contributed by atoms with Crippen LogP contribution < -0.4 is 4.90 Å². The van der Waals surface area contributed by atoms with E-state index >= 15 is 0 Å². The summed E-state index contributed by atoms with van der Waals surface area (Å²) >= 11 is 0. The van der Waals surface area contributed by atoms with Crippen molar-refractivity contribution in [3.63, 3.8) is 0 Å². The number of hydrogen-bond acceptors (Lipinski definition) is 3. The Morgan fingerprint density at radius 3 is 2.08 bits per heavy atom. The van der Waals surface area contributed by atoms with Gasteiger partial charge in [-0.15, -0.1) is 0 Å². The van der Waals surface area contributed by atoms with Crippen LogP contribution in [-0.4, -0.2) is 40.2 Å². The zero-order chi connectivity index (χ0) is 24.6. The molecule has 2 saturated heterocycles. The highest BCUT2D eigenvalue weighted by Crippen LogP contribution is 2.45. The van der Waals surface area contributed by atoms with E-state index in [1.807, 2.05) is 91.0 Å². The van der Waals surface area contributed by atoms with Gasteiger partial charge < -0.3 is 14.7 Å². The Bertz CT molecular complexity index is 1270. The lowest BCUT2D eigenvalue weighted by Gasteiger charge is -2.53. The van der Waals surface area contributed by atoms with Crippen LogP contribution >= 0.6 is 0 Å². The monoisotopic (exact) mass is 480 g/mol. The Balaban J connectivity index is 1.34. The van der Waals surface area contributed by atoms with Gasteiger partial charge >= 0.3 is 12.0 Å². The third kappa shape index (κ3) is 3.88. The van der Waals surface area contributed by atoms with Gasteiger partial charge in [0.15, 0.2) is 0 Å². The molecule has 1 N–H and O–H groups in total. The van der Waals surface area contributed by atoms with Gasteiger partial charge in [0.25, 0.3) is 0 Å². The largest absolute Gasteiger partial charge is 0.480 e. The Kier molecular flexibility index (Phi) is 5.82. The van der Waals surface area contributed by atoms with E-state index < -0.39 is 12.0 Å². The third-order valence-electron chi connectivity index (χ3n) is 7.68. The lowest BCUT2D eigenvalue weighted by atomic mass is 9.72.